The lowest BCUT2D eigenvalue weighted by molar-refractivity contribution is 0.311. The van der Waals surface area contributed by atoms with Gasteiger partial charge in [-0.05, 0) is 69.0 Å². The van der Waals surface area contributed by atoms with Crippen molar-refractivity contribution in [1.29, 1.82) is 0 Å². The molecule has 4 rings (SSSR count). The summed E-state index contributed by atoms with van der Waals surface area (Å²) < 4.78 is 25.2. The maximum absolute atomic E-state index is 14.2. The minimum atomic E-state index is -0.391. The molecule has 1 atom stereocenters. The Morgan fingerprint density at radius 3 is 2.71 bits per heavy atom. The van der Waals surface area contributed by atoms with E-state index in [1.54, 1.807) is 31.5 Å². The van der Waals surface area contributed by atoms with E-state index >= 15 is 0 Å². The molecule has 3 aromatic rings. The normalized spacial score (nSPS) is 15.8. The van der Waals surface area contributed by atoms with E-state index in [1.165, 1.54) is 12.5 Å². The van der Waals surface area contributed by atoms with E-state index in [-0.39, 0.29) is 17.6 Å². The third-order valence-electron chi connectivity index (χ3n) is 5.67. The zero-order valence-electron chi connectivity index (χ0n) is 20.2. The van der Waals surface area contributed by atoms with Crippen molar-refractivity contribution in [2.45, 2.75) is 39.2 Å². The first-order valence-corrected chi connectivity index (χ1v) is 11.7. The van der Waals surface area contributed by atoms with Crippen LogP contribution in [0.4, 0.5) is 27.9 Å². The van der Waals surface area contributed by atoms with E-state index in [4.69, 9.17) is 9.47 Å². The number of hydrogen-bond donors (Lipinski definition) is 2. The minimum Gasteiger partial charge on any atom is -0.493 e. The summed E-state index contributed by atoms with van der Waals surface area (Å²) in [7, 11) is 1.60. The van der Waals surface area contributed by atoms with Crippen LogP contribution in [0.2, 0.25) is 0 Å². The number of para-hydroxylation sites is 1. The van der Waals surface area contributed by atoms with Crippen LogP contribution in [0.15, 0.2) is 47.6 Å². The average Bonchev–Trinajstić information content (AvgIpc) is 2.86. The Labute approximate surface area is 204 Å². The molecule has 0 amide bonds. The number of hydrazone groups is 1. The topological polar surface area (TPSA) is 96.8 Å². The maximum Gasteiger partial charge on any atom is 0.250 e. The lowest BCUT2D eigenvalue weighted by Crippen LogP contribution is -2.38. The number of aromatic nitrogens is 3. The van der Waals surface area contributed by atoms with Crippen molar-refractivity contribution < 1.29 is 13.9 Å². The van der Waals surface area contributed by atoms with E-state index < -0.39 is 5.82 Å². The van der Waals surface area contributed by atoms with Gasteiger partial charge >= 0.3 is 0 Å². The van der Waals surface area contributed by atoms with Gasteiger partial charge in [0.15, 0.2) is 11.5 Å². The van der Waals surface area contributed by atoms with Crippen molar-refractivity contribution in [2.75, 3.05) is 35.9 Å². The summed E-state index contributed by atoms with van der Waals surface area (Å²) in [6.07, 6.45) is 4.93. The van der Waals surface area contributed by atoms with Crippen molar-refractivity contribution in [3.63, 3.8) is 0 Å². The summed E-state index contributed by atoms with van der Waals surface area (Å²) in [4.78, 5) is 15.7. The molecular weight excluding hydrogens is 449 g/mol. The Morgan fingerprint density at radius 2 is 1.94 bits per heavy atom. The van der Waals surface area contributed by atoms with Crippen molar-refractivity contribution in [3.8, 4) is 11.5 Å². The van der Waals surface area contributed by atoms with Gasteiger partial charge in [0.25, 0.3) is 0 Å². The molecule has 1 aromatic heterocycles. The summed E-state index contributed by atoms with van der Waals surface area (Å²) >= 11 is 0. The standard InChI is InChI=1S/C25H30FN7O2/c1-4-35-22-15-18(12-13-21(22)34-3)16-27-32-24-29-23(28-20-11-6-5-10-19(20)26)30-25(31-24)33-14-8-7-9-17(33)2/h5-6,10-13,15-17H,4,7-9,14H2,1-3H3,(H2,28,29,30,31,32)/b27-16-/t17-/m1/s1. The number of anilines is 4. The van der Waals surface area contributed by atoms with Gasteiger partial charge in [-0.2, -0.15) is 20.1 Å². The van der Waals surface area contributed by atoms with Crippen molar-refractivity contribution in [3.05, 3.63) is 53.8 Å². The second-order valence-corrected chi connectivity index (χ2v) is 8.14. The molecule has 0 radical (unpaired) electrons. The highest BCUT2D eigenvalue weighted by Gasteiger charge is 2.22. The quantitative estimate of drug-likeness (QED) is 0.327. The molecule has 2 N–H and O–H groups in total. The van der Waals surface area contributed by atoms with Gasteiger partial charge in [0, 0.05) is 12.6 Å². The molecule has 9 nitrogen and oxygen atoms in total. The predicted octanol–water partition coefficient (Wildman–Crippen LogP) is 4.99. The Kier molecular flexibility index (Phi) is 7.92. The first kappa shape index (κ1) is 24.2. The number of benzene rings is 2. The van der Waals surface area contributed by atoms with Crippen LogP contribution in [0.1, 0.15) is 38.7 Å². The molecule has 2 aromatic carbocycles. The molecule has 35 heavy (non-hydrogen) atoms. The van der Waals surface area contributed by atoms with Crippen LogP contribution in [0.25, 0.3) is 0 Å². The van der Waals surface area contributed by atoms with Gasteiger partial charge in [-0.3, -0.25) is 0 Å². The molecule has 1 saturated heterocycles. The second-order valence-electron chi connectivity index (χ2n) is 8.14. The highest BCUT2D eigenvalue weighted by atomic mass is 19.1. The lowest BCUT2D eigenvalue weighted by atomic mass is 10.0. The molecule has 1 aliphatic heterocycles. The first-order valence-electron chi connectivity index (χ1n) is 11.7. The Bertz CT molecular complexity index is 1170. The number of piperidine rings is 1. The minimum absolute atomic E-state index is 0.235. The van der Waals surface area contributed by atoms with E-state index in [2.05, 4.69) is 42.6 Å². The molecule has 1 aliphatic rings. The number of hydrogen-bond acceptors (Lipinski definition) is 9. The lowest BCUT2D eigenvalue weighted by Gasteiger charge is -2.33. The third kappa shape index (κ3) is 6.14. The van der Waals surface area contributed by atoms with Gasteiger partial charge < -0.3 is 19.7 Å². The van der Waals surface area contributed by atoms with Crippen LogP contribution < -0.4 is 25.1 Å². The van der Waals surface area contributed by atoms with E-state index in [9.17, 15) is 4.39 Å². The fourth-order valence-corrected chi connectivity index (χ4v) is 3.88. The summed E-state index contributed by atoms with van der Waals surface area (Å²) in [5, 5.41) is 7.26. The van der Waals surface area contributed by atoms with Crippen molar-refractivity contribution >= 4 is 29.7 Å². The molecule has 0 spiro atoms. The number of ether oxygens (including phenoxy) is 2. The monoisotopic (exact) mass is 479 g/mol. The van der Waals surface area contributed by atoms with Gasteiger partial charge in [0.1, 0.15) is 5.82 Å². The molecule has 0 unspecified atom stereocenters. The Balaban J connectivity index is 1.59. The fraction of sp³-hybridized carbons (Fsp3) is 0.360. The van der Waals surface area contributed by atoms with Gasteiger partial charge in [0.2, 0.25) is 17.8 Å². The zero-order valence-corrected chi connectivity index (χ0v) is 20.2. The molecule has 0 saturated carbocycles. The SMILES string of the molecule is CCOc1cc(/C=N\Nc2nc(Nc3ccccc3F)nc(N3CCCC[C@H]3C)n2)ccc1OC. The van der Waals surface area contributed by atoms with Crippen LogP contribution in [0.5, 0.6) is 11.5 Å². The van der Waals surface area contributed by atoms with Crippen molar-refractivity contribution in [2.24, 2.45) is 5.10 Å². The first-order chi connectivity index (χ1) is 17.1. The summed E-state index contributed by atoms with van der Waals surface area (Å²) in [6.45, 7) is 5.43. The number of halogens is 1. The molecular formula is C25H30FN7O2. The van der Waals surface area contributed by atoms with Gasteiger partial charge in [-0.1, -0.05) is 12.1 Å². The van der Waals surface area contributed by atoms with Gasteiger partial charge in [-0.15, -0.1) is 0 Å². The summed E-state index contributed by atoms with van der Waals surface area (Å²) in [6, 6.07) is 12.2. The molecule has 10 heteroatoms. The smallest absolute Gasteiger partial charge is 0.250 e. The van der Waals surface area contributed by atoms with Crippen LogP contribution >= 0.6 is 0 Å². The molecule has 0 aliphatic carbocycles. The Hall–Kier alpha value is -3.95. The fourth-order valence-electron chi connectivity index (χ4n) is 3.88. The highest BCUT2D eigenvalue weighted by Crippen LogP contribution is 2.28. The summed E-state index contributed by atoms with van der Waals surface area (Å²) in [5.41, 5.74) is 3.98. The third-order valence-corrected chi connectivity index (χ3v) is 5.67. The zero-order chi connectivity index (χ0) is 24.6. The second kappa shape index (κ2) is 11.5. The maximum atomic E-state index is 14.2. The number of nitrogens with one attached hydrogen (secondary N) is 2. The van der Waals surface area contributed by atoms with Crippen LogP contribution in [0.3, 0.4) is 0 Å². The van der Waals surface area contributed by atoms with Crippen LogP contribution in [-0.4, -0.2) is 47.5 Å². The average molecular weight is 480 g/mol. The molecule has 1 fully saturated rings. The number of nitrogens with zero attached hydrogens (tertiary/aromatic N) is 5. The van der Waals surface area contributed by atoms with E-state index in [0.29, 0.717) is 30.1 Å². The Morgan fingerprint density at radius 1 is 1.11 bits per heavy atom. The van der Waals surface area contributed by atoms with E-state index in [0.717, 1.165) is 24.9 Å². The highest BCUT2D eigenvalue weighted by molar-refractivity contribution is 5.81. The van der Waals surface area contributed by atoms with Crippen LogP contribution in [0, 0.1) is 5.82 Å². The molecule has 184 valence electrons. The summed E-state index contributed by atoms with van der Waals surface area (Å²) in [5.74, 6) is 1.90. The van der Waals surface area contributed by atoms with Gasteiger partial charge in [0.05, 0.1) is 25.6 Å². The van der Waals surface area contributed by atoms with Crippen molar-refractivity contribution in [1.82, 2.24) is 15.0 Å². The molecule has 0 bridgehead atoms. The largest absolute Gasteiger partial charge is 0.493 e. The van der Waals surface area contributed by atoms with E-state index in [1.807, 2.05) is 25.1 Å². The number of methoxy groups -OCH3 is 1. The van der Waals surface area contributed by atoms with Gasteiger partial charge in [-0.25, -0.2) is 9.82 Å². The predicted molar refractivity (Wildman–Crippen MR) is 136 cm³/mol. The van der Waals surface area contributed by atoms with Crippen LogP contribution in [-0.2, 0) is 0 Å². The molecule has 2 heterocycles. The number of rotatable bonds is 9.